The van der Waals surface area contributed by atoms with Gasteiger partial charge in [0.2, 0.25) is 0 Å². The van der Waals surface area contributed by atoms with Crippen molar-refractivity contribution < 1.29 is 0 Å². The van der Waals surface area contributed by atoms with Gasteiger partial charge in [0, 0.05) is 0 Å². The average molecular weight is 539 g/mol. The molecule has 5 fully saturated rings. The average Bonchev–Trinajstić information content (AvgIpc) is 2.88. The smallest absolute Gasteiger partial charge is 0.0212 e. The second-order valence-corrected chi connectivity index (χ2v) is 18.1. The monoisotopic (exact) mass is 539 g/mol. The van der Waals surface area contributed by atoms with Crippen LogP contribution >= 0.6 is 0 Å². The van der Waals surface area contributed by atoms with Crippen LogP contribution < -0.4 is 0 Å². The Labute approximate surface area is 246 Å². The van der Waals surface area contributed by atoms with E-state index in [1.807, 2.05) is 0 Å². The molecule has 5 aliphatic carbocycles. The predicted octanol–water partition coefficient (Wildman–Crippen LogP) is 11.8. The highest BCUT2D eigenvalue weighted by Gasteiger charge is 2.72. The van der Waals surface area contributed by atoms with Gasteiger partial charge in [-0.2, -0.15) is 0 Å². The van der Waals surface area contributed by atoms with Crippen LogP contribution in [-0.2, 0) is 0 Å². The van der Waals surface area contributed by atoms with Crippen LogP contribution in [0.15, 0.2) is 0 Å². The molecule has 39 heavy (non-hydrogen) atoms. The maximum atomic E-state index is 2.82. The largest absolute Gasteiger partial charge is 0.0625 e. The van der Waals surface area contributed by atoms with Crippen LogP contribution in [0, 0.1) is 99.1 Å². The number of rotatable bonds is 4. The van der Waals surface area contributed by atoms with E-state index in [2.05, 4.69) is 83.1 Å². The first-order valence-electron chi connectivity index (χ1n) is 18.2. The van der Waals surface area contributed by atoms with Crippen molar-refractivity contribution in [1.29, 1.82) is 0 Å². The van der Waals surface area contributed by atoms with Crippen LogP contribution in [0.25, 0.3) is 0 Å². The predicted molar refractivity (Wildman–Crippen MR) is 170 cm³/mol. The zero-order chi connectivity index (χ0) is 28.7. The van der Waals surface area contributed by atoms with Crippen molar-refractivity contribution in [2.75, 3.05) is 0 Å². The summed E-state index contributed by atoms with van der Waals surface area (Å²) in [6.07, 6.45) is 15.1. The van der Waals surface area contributed by atoms with Gasteiger partial charge in [-0.1, -0.05) is 122 Å². The Hall–Kier alpha value is 0. The van der Waals surface area contributed by atoms with Gasteiger partial charge in [-0.05, 0) is 125 Å². The Morgan fingerprint density at radius 1 is 0.692 bits per heavy atom. The molecule has 226 valence electrons. The quantitative estimate of drug-likeness (QED) is 0.334. The molecule has 0 aromatic rings. The van der Waals surface area contributed by atoms with Gasteiger partial charge in [-0.25, -0.2) is 0 Å². The van der Waals surface area contributed by atoms with Gasteiger partial charge in [-0.15, -0.1) is 0 Å². The summed E-state index contributed by atoms with van der Waals surface area (Å²) in [5.74, 6) is 12.4. The molecule has 0 aliphatic heterocycles. The van der Waals surface area contributed by atoms with Gasteiger partial charge < -0.3 is 0 Å². The van der Waals surface area contributed by atoms with Gasteiger partial charge in [0.15, 0.2) is 0 Å². The van der Waals surface area contributed by atoms with Gasteiger partial charge >= 0.3 is 0 Å². The molecule has 0 spiro atoms. The molecule has 15 atom stereocenters. The van der Waals surface area contributed by atoms with E-state index < -0.39 is 0 Å². The summed E-state index contributed by atoms with van der Waals surface area (Å²) in [4.78, 5) is 0. The fraction of sp³-hybridized carbons (Fsp3) is 1.00. The van der Waals surface area contributed by atoms with Gasteiger partial charge in [0.1, 0.15) is 0 Å². The van der Waals surface area contributed by atoms with Crippen molar-refractivity contribution in [2.24, 2.45) is 99.1 Å². The third-order valence-corrected chi connectivity index (χ3v) is 17.2. The molecule has 5 saturated carbocycles. The first kappa shape index (κ1) is 30.5. The topological polar surface area (TPSA) is 0 Å². The summed E-state index contributed by atoms with van der Waals surface area (Å²) in [5, 5.41) is 0. The summed E-state index contributed by atoms with van der Waals surface area (Å²) >= 11 is 0. The van der Waals surface area contributed by atoms with Crippen molar-refractivity contribution in [1.82, 2.24) is 0 Å². The number of hydrogen-bond donors (Lipinski definition) is 0. The molecular formula is C39H70. The zero-order valence-electron chi connectivity index (χ0n) is 28.7. The highest BCUT2D eigenvalue weighted by Crippen LogP contribution is 2.78. The molecule has 0 aromatic carbocycles. The standard InChI is InChI=1S/C39H70/c1-23(2)34-24(3)22-37(10)30(9)38(11)27(6)33-21-20-32(19-18-31-16-14-13-15-17-31)25(4)35(33)26(5)36(38)29(8)39(37,12)28(34)7/h23-36H,13-22H2,1-12H3. The maximum absolute atomic E-state index is 2.82. The molecule has 0 aromatic heterocycles. The molecule has 5 aliphatic rings. The van der Waals surface area contributed by atoms with E-state index in [0.717, 1.165) is 82.9 Å². The molecule has 0 radical (unpaired) electrons. The van der Waals surface area contributed by atoms with E-state index >= 15 is 0 Å². The Morgan fingerprint density at radius 2 is 1.33 bits per heavy atom. The molecule has 0 heteroatoms. The number of fused-ring (bicyclic) bond motifs is 3. The minimum absolute atomic E-state index is 0.428. The highest BCUT2D eigenvalue weighted by atomic mass is 14.8. The number of hydrogen-bond acceptors (Lipinski definition) is 0. The molecule has 0 amide bonds. The lowest BCUT2D eigenvalue weighted by atomic mass is 9.28. The van der Waals surface area contributed by atoms with Crippen LogP contribution in [0.1, 0.15) is 147 Å². The second-order valence-electron chi connectivity index (χ2n) is 18.1. The van der Waals surface area contributed by atoms with E-state index in [1.165, 1.54) is 64.2 Å². The van der Waals surface area contributed by atoms with Crippen LogP contribution in [0.3, 0.4) is 0 Å². The summed E-state index contributed by atoms with van der Waals surface area (Å²) in [6, 6.07) is 0. The van der Waals surface area contributed by atoms with Crippen molar-refractivity contribution >= 4 is 0 Å². The molecule has 0 heterocycles. The third-order valence-electron chi connectivity index (χ3n) is 17.2. The van der Waals surface area contributed by atoms with Crippen LogP contribution in [0.2, 0.25) is 0 Å². The molecule has 0 bridgehead atoms. The molecule has 15 unspecified atom stereocenters. The van der Waals surface area contributed by atoms with E-state index in [4.69, 9.17) is 0 Å². The first-order valence-corrected chi connectivity index (χ1v) is 18.2. The van der Waals surface area contributed by atoms with Crippen LogP contribution in [-0.4, -0.2) is 0 Å². The van der Waals surface area contributed by atoms with E-state index in [0.29, 0.717) is 16.2 Å². The first-order chi connectivity index (χ1) is 18.2. The minimum Gasteiger partial charge on any atom is -0.0625 e. The normalized spacial score (nSPS) is 56.5. The summed E-state index contributed by atoms with van der Waals surface area (Å²) < 4.78 is 0. The lowest BCUT2D eigenvalue weighted by molar-refractivity contribution is -0.291. The van der Waals surface area contributed by atoms with Crippen molar-refractivity contribution in [3.05, 3.63) is 0 Å². The Morgan fingerprint density at radius 3 is 1.95 bits per heavy atom. The van der Waals surface area contributed by atoms with E-state index in [1.54, 1.807) is 0 Å². The fourth-order valence-corrected chi connectivity index (χ4v) is 14.9. The van der Waals surface area contributed by atoms with Crippen LogP contribution in [0.4, 0.5) is 0 Å². The second kappa shape index (κ2) is 10.6. The maximum Gasteiger partial charge on any atom is -0.0212 e. The van der Waals surface area contributed by atoms with Crippen molar-refractivity contribution in [3.63, 3.8) is 0 Å². The third kappa shape index (κ3) is 4.22. The minimum atomic E-state index is 0.428. The van der Waals surface area contributed by atoms with E-state index in [9.17, 15) is 0 Å². The molecule has 0 nitrogen and oxygen atoms in total. The SMILES string of the molecule is CC(C)C1C(C)CC2(C)C(C)C3(C)C(C)C4CCC(CCC5CCCCC5)C(C)C4C(C)C3C(C)C2(C)C1C. The van der Waals surface area contributed by atoms with Crippen molar-refractivity contribution in [3.8, 4) is 0 Å². The molecule has 0 N–H and O–H groups in total. The van der Waals surface area contributed by atoms with Gasteiger partial charge in [0.05, 0.1) is 0 Å². The summed E-state index contributed by atoms with van der Waals surface area (Å²) in [6.45, 7) is 32.6. The van der Waals surface area contributed by atoms with E-state index in [-0.39, 0.29) is 0 Å². The Bertz CT molecular complexity index is 850. The molecule has 5 rings (SSSR count). The van der Waals surface area contributed by atoms with Gasteiger partial charge in [-0.3, -0.25) is 0 Å². The highest BCUT2D eigenvalue weighted by molar-refractivity contribution is 5.20. The fourth-order valence-electron chi connectivity index (χ4n) is 14.9. The lowest BCUT2D eigenvalue weighted by Gasteiger charge is -2.77. The summed E-state index contributed by atoms with van der Waals surface area (Å²) in [5.41, 5.74) is 1.33. The molecule has 0 saturated heterocycles. The Balaban J connectivity index is 1.47. The van der Waals surface area contributed by atoms with Gasteiger partial charge in [0.25, 0.3) is 0 Å². The zero-order valence-corrected chi connectivity index (χ0v) is 28.7. The lowest BCUT2D eigenvalue weighted by Crippen LogP contribution is -2.71. The summed E-state index contributed by atoms with van der Waals surface area (Å²) in [7, 11) is 0. The van der Waals surface area contributed by atoms with Crippen molar-refractivity contribution in [2.45, 2.75) is 147 Å². The Kier molecular flexibility index (Phi) is 8.29. The van der Waals surface area contributed by atoms with Crippen LogP contribution in [0.5, 0.6) is 0 Å². The molecular weight excluding hydrogens is 468 g/mol.